The lowest BCUT2D eigenvalue weighted by Gasteiger charge is -2.21. The second-order valence-corrected chi connectivity index (χ2v) is 6.38. The lowest BCUT2D eigenvalue weighted by atomic mass is 10.1. The third kappa shape index (κ3) is 2.84. The van der Waals surface area contributed by atoms with E-state index in [-0.39, 0.29) is 0 Å². The Morgan fingerprint density at radius 2 is 1.83 bits per heavy atom. The maximum atomic E-state index is 12.5. The first kappa shape index (κ1) is 15.0. The van der Waals surface area contributed by atoms with Crippen LogP contribution < -0.4 is 5.73 Å². The van der Waals surface area contributed by atoms with E-state index in [4.69, 9.17) is 5.73 Å². The molecule has 0 saturated carbocycles. The molecular formula is C13H22N2O2S. The highest BCUT2D eigenvalue weighted by molar-refractivity contribution is 7.89. The highest BCUT2D eigenvalue weighted by Gasteiger charge is 2.25. The molecule has 0 saturated heterocycles. The maximum absolute atomic E-state index is 12.5. The van der Waals surface area contributed by atoms with Crippen LogP contribution >= 0.6 is 0 Å². The molecule has 0 heterocycles. The fourth-order valence-corrected chi connectivity index (χ4v) is 3.84. The van der Waals surface area contributed by atoms with Gasteiger partial charge in [-0.25, -0.2) is 8.42 Å². The molecule has 0 aliphatic heterocycles. The van der Waals surface area contributed by atoms with Gasteiger partial charge in [0.25, 0.3) is 0 Å². The van der Waals surface area contributed by atoms with Crippen LogP contribution in [0.3, 0.4) is 0 Å². The minimum Gasteiger partial charge on any atom is -0.398 e. The number of sulfonamides is 1. The van der Waals surface area contributed by atoms with Gasteiger partial charge in [-0.2, -0.15) is 4.31 Å². The zero-order chi connectivity index (χ0) is 13.9. The molecule has 0 spiro atoms. The van der Waals surface area contributed by atoms with Gasteiger partial charge in [-0.3, -0.25) is 0 Å². The number of nitrogens with zero attached hydrogens (tertiary/aromatic N) is 1. The summed E-state index contributed by atoms with van der Waals surface area (Å²) in [7, 11) is -3.44. The Balaban J connectivity index is 3.36. The monoisotopic (exact) mass is 270 g/mol. The van der Waals surface area contributed by atoms with E-state index in [1.54, 1.807) is 19.1 Å². The molecule has 0 radical (unpaired) electrons. The van der Waals surface area contributed by atoms with Crippen molar-refractivity contribution < 1.29 is 8.42 Å². The first-order chi connectivity index (χ1) is 8.34. The van der Waals surface area contributed by atoms with E-state index in [9.17, 15) is 8.42 Å². The van der Waals surface area contributed by atoms with Gasteiger partial charge in [0.2, 0.25) is 10.0 Å². The number of aryl methyl sites for hydroxylation is 1. The summed E-state index contributed by atoms with van der Waals surface area (Å²) in [5.41, 5.74) is 7.88. The van der Waals surface area contributed by atoms with E-state index in [1.807, 2.05) is 20.8 Å². The Morgan fingerprint density at radius 1 is 1.22 bits per heavy atom. The van der Waals surface area contributed by atoms with Crippen LogP contribution in [0, 0.1) is 13.8 Å². The van der Waals surface area contributed by atoms with Crippen molar-refractivity contribution >= 4 is 15.7 Å². The van der Waals surface area contributed by atoms with Gasteiger partial charge >= 0.3 is 0 Å². The van der Waals surface area contributed by atoms with Crippen LogP contribution in [0.1, 0.15) is 31.4 Å². The Labute approximate surface area is 110 Å². The van der Waals surface area contributed by atoms with Crippen LogP contribution in [0.2, 0.25) is 0 Å². The summed E-state index contributed by atoms with van der Waals surface area (Å²) in [6.07, 6.45) is 0.799. The third-order valence-corrected chi connectivity index (χ3v) is 5.09. The van der Waals surface area contributed by atoms with Crippen molar-refractivity contribution in [2.24, 2.45) is 0 Å². The van der Waals surface area contributed by atoms with Crippen molar-refractivity contribution in [1.82, 2.24) is 4.31 Å². The molecule has 2 N–H and O–H groups in total. The maximum Gasteiger partial charge on any atom is 0.243 e. The van der Waals surface area contributed by atoms with Gasteiger partial charge in [0.15, 0.2) is 0 Å². The molecule has 0 aromatic heterocycles. The second-order valence-electron chi connectivity index (χ2n) is 4.47. The van der Waals surface area contributed by atoms with E-state index in [2.05, 4.69) is 0 Å². The Bertz CT molecular complexity index is 524. The third-order valence-electron chi connectivity index (χ3n) is 2.99. The topological polar surface area (TPSA) is 63.4 Å². The van der Waals surface area contributed by atoms with Gasteiger partial charge < -0.3 is 5.73 Å². The number of rotatable bonds is 5. The summed E-state index contributed by atoms with van der Waals surface area (Å²) in [5.74, 6) is 0. The standard InChI is InChI=1S/C13H22N2O2S/c1-5-7-15(6-2)18(16,17)13-9-10(3)8-12(14)11(13)4/h8-9H,5-7,14H2,1-4H3. The zero-order valence-electron chi connectivity index (χ0n) is 11.5. The molecular weight excluding hydrogens is 248 g/mol. The first-order valence-electron chi connectivity index (χ1n) is 6.21. The molecule has 18 heavy (non-hydrogen) atoms. The molecule has 0 atom stereocenters. The molecule has 4 nitrogen and oxygen atoms in total. The summed E-state index contributed by atoms with van der Waals surface area (Å²) in [4.78, 5) is 0.329. The van der Waals surface area contributed by atoms with Crippen molar-refractivity contribution in [1.29, 1.82) is 0 Å². The first-order valence-corrected chi connectivity index (χ1v) is 7.65. The predicted octanol–water partition coefficient (Wildman–Crippen LogP) is 2.31. The Morgan fingerprint density at radius 3 is 2.33 bits per heavy atom. The van der Waals surface area contributed by atoms with E-state index in [1.165, 1.54) is 4.31 Å². The van der Waals surface area contributed by atoms with Gasteiger partial charge in [-0.15, -0.1) is 0 Å². The molecule has 0 unspecified atom stereocenters. The van der Waals surface area contributed by atoms with E-state index in [0.717, 1.165) is 12.0 Å². The van der Waals surface area contributed by atoms with Crippen molar-refractivity contribution in [3.8, 4) is 0 Å². The van der Waals surface area contributed by atoms with E-state index < -0.39 is 10.0 Å². The number of benzene rings is 1. The number of nitrogens with two attached hydrogens (primary N) is 1. The highest BCUT2D eigenvalue weighted by atomic mass is 32.2. The average Bonchev–Trinajstić information content (AvgIpc) is 2.30. The zero-order valence-corrected chi connectivity index (χ0v) is 12.3. The predicted molar refractivity (Wildman–Crippen MR) is 75.1 cm³/mol. The minimum absolute atomic E-state index is 0.329. The molecule has 0 amide bonds. The fourth-order valence-electron chi connectivity index (χ4n) is 1.96. The van der Waals surface area contributed by atoms with Gasteiger partial charge in [0.1, 0.15) is 0 Å². The number of hydrogen-bond donors (Lipinski definition) is 1. The van der Waals surface area contributed by atoms with Crippen LogP contribution in [0.15, 0.2) is 17.0 Å². The molecule has 102 valence electrons. The molecule has 1 rings (SSSR count). The molecule has 0 fully saturated rings. The smallest absolute Gasteiger partial charge is 0.243 e. The van der Waals surface area contributed by atoms with Crippen LogP contribution in [0.4, 0.5) is 5.69 Å². The average molecular weight is 270 g/mol. The van der Waals surface area contributed by atoms with Gasteiger partial charge in [0.05, 0.1) is 4.90 Å². The molecule has 5 heteroatoms. The van der Waals surface area contributed by atoms with Crippen LogP contribution in [0.5, 0.6) is 0 Å². The summed E-state index contributed by atoms with van der Waals surface area (Å²) in [6.45, 7) is 8.43. The molecule has 0 aliphatic carbocycles. The second kappa shape index (κ2) is 5.71. The molecule has 0 aliphatic rings. The largest absolute Gasteiger partial charge is 0.398 e. The Hall–Kier alpha value is -1.07. The van der Waals surface area contributed by atoms with Crippen molar-refractivity contribution in [3.63, 3.8) is 0 Å². The number of nitrogen functional groups attached to an aromatic ring is 1. The fraction of sp³-hybridized carbons (Fsp3) is 0.538. The van der Waals surface area contributed by atoms with Gasteiger partial charge in [-0.05, 0) is 43.5 Å². The molecule has 0 bridgehead atoms. The van der Waals surface area contributed by atoms with Crippen molar-refractivity contribution in [2.75, 3.05) is 18.8 Å². The summed E-state index contributed by atoms with van der Waals surface area (Å²) < 4.78 is 26.6. The normalized spacial score (nSPS) is 12.1. The minimum atomic E-state index is -3.44. The van der Waals surface area contributed by atoms with E-state index in [0.29, 0.717) is 29.2 Å². The van der Waals surface area contributed by atoms with Crippen LogP contribution in [0.25, 0.3) is 0 Å². The SMILES string of the molecule is CCCN(CC)S(=O)(=O)c1cc(C)cc(N)c1C. The molecule has 1 aromatic rings. The van der Waals surface area contributed by atoms with Crippen LogP contribution in [-0.4, -0.2) is 25.8 Å². The van der Waals surface area contributed by atoms with Gasteiger partial charge in [0, 0.05) is 18.8 Å². The summed E-state index contributed by atoms with van der Waals surface area (Å²) >= 11 is 0. The number of hydrogen-bond acceptors (Lipinski definition) is 3. The number of anilines is 1. The summed E-state index contributed by atoms with van der Waals surface area (Å²) in [6, 6.07) is 3.49. The lowest BCUT2D eigenvalue weighted by Crippen LogP contribution is -2.32. The quantitative estimate of drug-likeness (QED) is 0.835. The van der Waals surface area contributed by atoms with Crippen molar-refractivity contribution in [2.45, 2.75) is 39.0 Å². The Kier molecular flexibility index (Phi) is 4.76. The van der Waals surface area contributed by atoms with Crippen LogP contribution in [-0.2, 0) is 10.0 Å². The molecule has 1 aromatic carbocycles. The summed E-state index contributed by atoms with van der Waals surface area (Å²) in [5, 5.41) is 0. The van der Waals surface area contributed by atoms with Gasteiger partial charge in [-0.1, -0.05) is 13.8 Å². The highest BCUT2D eigenvalue weighted by Crippen LogP contribution is 2.25. The van der Waals surface area contributed by atoms with Crippen molar-refractivity contribution in [3.05, 3.63) is 23.3 Å². The van der Waals surface area contributed by atoms with E-state index >= 15 is 0 Å². The lowest BCUT2D eigenvalue weighted by molar-refractivity contribution is 0.427.